The van der Waals surface area contributed by atoms with Crippen molar-refractivity contribution in [2.45, 2.75) is 0 Å². The van der Waals surface area contributed by atoms with Crippen LogP contribution in [0.15, 0.2) is 49.1 Å². The van der Waals surface area contributed by atoms with Crippen LogP contribution >= 0.6 is 0 Å². The number of anilines is 1. The van der Waals surface area contributed by atoms with Gasteiger partial charge in [-0.3, -0.25) is 0 Å². The molecule has 4 nitrogen and oxygen atoms in total. The van der Waals surface area contributed by atoms with Crippen molar-refractivity contribution in [2.24, 2.45) is 7.05 Å². The number of hydrogen-bond donors (Lipinski definition) is 0. The number of hydrogen-bond acceptors (Lipinski definition) is 3. The van der Waals surface area contributed by atoms with E-state index in [1.54, 1.807) is 0 Å². The Morgan fingerprint density at radius 1 is 0.952 bits per heavy atom. The summed E-state index contributed by atoms with van der Waals surface area (Å²) < 4.78 is 2.01. The predicted octanol–water partition coefficient (Wildman–Crippen LogP) is -0.902. The van der Waals surface area contributed by atoms with E-state index in [1.165, 1.54) is 5.56 Å². The molecule has 0 atom stereocenters. The summed E-state index contributed by atoms with van der Waals surface area (Å²) in [4.78, 5) is 10.4. The van der Waals surface area contributed by atoms with Crippen molar-refractivity contribution in [1.29, 1.82) is 0 Å². The Kier molecular flexibility index (Phi) is 7.01. The van der Waals surface area contributed by atoms with Crippen LogP contribution in [-0.4, -0.2) is 24.1 Å². The molecule has 110 valence electrons. The van der Waals surface area contributed by atoms with E-state index in [4.69, 9.17) is 0 Å². The van der Waals surface area contributed by atoms with Gasteiger partial charge >= 0.3 is 0 Å². The van der Waals surface area contributed by atoms with Crippen molar-refractivity contribution in [3.05, 3.63) is 60.2 Å². The maximum Gasteiger partial charge on any atom is 0.224 e. The molecular formula is C16H19IN4. The predicted molar refractivity (Wildman–Crippen MR) is 82.0 cm³/mol. The van der Waals surface area contributed by atoms with Gasteiger partial charge in [-0.15, -0.1) is 0 Å². The maximum atomic E-state index is 4.26. The zero-order valence-corrected chi connectivity index (χ0v) is 14.6. The fourth-order valence-corrected chi connectivity index (χ4v) is 1.61. The minimum Gasteiger partial charge on any atom is -1.00 e. The summed E-state index contributed by atoms with van der Waals surface area (Å²) in [5, 5.41) is 0. The molecular weight excluding hydrogens is 375 g/mol. The topological polar surface area (TPSA) is 32.9 Å². The number of rotatable bonds is 4. The number of aromatic nitrogens is 3. The van der Waals surface area contributed by atoms with E-state index >= 15 is 0 Å². The summed E-state index contributed by atoms with van der Waals surface area (Å²) in [6.07, 6.45) is 15.7. The van der Waals surface area contributed by atoms with Crippen LogP contribution in [0.3, 0.4) is 0 Å². The highest BCUT2D eigenvalue weighted by Gasteiger charge is 1.96. The molecule has 2 rings (SSSR count). The number of nitrogens with zero attached hydrogens (tertiary/aromatic N) is 4. The van der Waals surface area contributed by atoms with Crippen molar-refractivity contribution in [3.63, 3.8) is 0 Å². The number of halogens is 1. The quantitative estimate of drug-likeness (QED) is 0.383. The highest BCUT2D eigenvalue weighted by molar-refractivity contribution is 5.55. The summed E-state index contributed by atoms with van der Waals surface area (Å²) in [5.74, 6) is 0.717. The Hall–Kier alpha value is -1.76. The van der Waals surface area contributed by atoms with Gasteiger partial charge in [-0.05, 0) is 5.56 Å². The van der Waals surface area contributed by atoms with Gasteiger partial charge in [-0.1, -0.05) is 24.3 Å². The largest absolute Gasteiger partial charge is 1.00 e. The minimum atomic E-state index is 0. The third-order valence-corrected chi connectivity index (χ3v) is 2.75. The van der Waals surface area contributed by atoms with E-state index in [9.17, 15) is 0 Å². The van der Waals surface area contributed by atoms with Crippen molar-refractivity contribution in [2.75, 3.05) is 19.0 Å². The highest BCUT2D eigenvalue weighted by Crippen LogP contribution is 2.05. The van der Waals surface area contributed by atoms with Crippen LogP contribution in [0.4, 0.5) is 5.95 Å². The van der Waals surface area contributed by atoms with Gasteiger partial charge in [0, 0.05) is 44.2 Å². The molecule has 0 saturated carbocycles. The van der Waals surface area contributed by atoms with Crippen LogP contribution in [0.2, 0.25) is 0 Å². The molecule has 2 heterocycles. The number of pyridine rings is 1. The van der Waals surface area contributed by atoms with Gasteiger partial charge in [0.05, 0.1) is 0 Å². The normalized spacial score (nSPS) is 10.8. The monoisotopic (exact) mass is 394 g/mol. The highest BCUT2D eigenvalue weighted by atomic mass is 127. The van der Waals surface area contributed by atoms with Gasteiger partial charge in [0.15, 0.2) is 12.4 Å². The molecule has 0 aromatic carbocycles. The smallest absolute Gasteiger partial charge is 0.224 e. The summed E-state index contributed by atoms with van der Waals surface area (Å²) >= 11 is 0. The lowest BCUT2D eigenvalue weighted by Crippen LogP contribution is -3.00. The molecule has 21 heavy (non-hydrogen) atoms. The Balaban J connectivity index is 0.00000220. The first-order valence-corrected chi connectivity index (χ1v) is 6.44. The molecule has 2 aromatic heterocycles. The van der Waals surface area contributed by atoms with Gasteiger partial charge < -0.3 is 28.9 Å². The molecule has 0 fully saturated rings. The van der Waals surface area contributed by atoms with E-state index in [0.717, 1.165) is 11.5 Å². The van der Waals surface area contributed by atoms with Crippen LogP contribution in [0.5, 0.6) is 0 Å². The molecule has 0 unspecified atom stereocenters. The molecule has 0 aliphatic heterocycles. The van der Waals surface area contributed by atoms with Crippen molar-refractivity contribution in [3.8, 4) is 0 Å². The molecule has 0 radical (unpaired) electrons. The summed E-state index contributed by atoms with van der Waals surface area (Å²) in [5.41, 5.74) is 2.16. The van der Waals surface area contributed by atoms with Crippen LogP contribution in [0, 0.1) is 0 Å². The second kappa shape index (κ2) is 8.51. The third kappa shape index (κ3) is 5.63. The summed E-state index contributed by atoms with van der Waals surface area (Å²) in [6.45, 7) is 0. The Labute approximate surface area is 142 Å². The third-order valence-electron chi connectivity index (χ3n) is 2.75. The molecule has 0 aliphatic carbocycles. The zero-order valence-electron chi connectivity index (χ0n) is 12.4. The lowest BCUT2D eigenvalue weighted by molar-refractivity contribution is -0.671. The van der Waals surface area contributed by atoms with E-state index in [-0.39, 0.29) is 24.0 Å². The van der Waals surface area contributed by atoms with Crippen molar-refractivity contribution in [1.82, 2.24) is 9.97 Å². The van der Waals surface area contributed by atoms with Crippen molar-refractivity contribution >= 4 is 18.1 Å². The summed E-state index contributed by atoms with van der Waals surface area (Å²) in [7, 11) is 5.85. The fraction of sp³-hybridized carbons (Fsp3) is 0.188. The zero-order chi connectivity index (χ0) is 14.4. The van der Waals surface area contributed by atoms with Gasteiger partial charge in [-0.25, -0.2) is 14.5 Å². The Bertz CT molecular complexity index is 601. The van der Waals surface area contributed by atoms with Crippen LogP contribution < -0.4 is 33.4 Å². The lowest BCUT2D eigenvalue weighted by atomic mass is 10.2. The lowest BCUT2D eigenvalue weighted by Gasteiger charge is -2.08. The number of allylic oxidation sites excluding steroid dienone is 2. The standard InChI is InChI=1S/C16H19N4.HI/c1-19(2)16-17-12-15(13-18-16)7-5-4-6-14-8-10-20(3)11-9-14;/h4-13H,1-3H3;1H/q+1;/p-1. The van der Waals surface area contributed by atoms with Gasteiger partial charge in [-0.2, -0.15) is 0 Å². The second-order valence-electron chi connectivity index (χ2n) is 4.73. The maximum absolute atomic E-state index is 4.26. The van der Waals surface area contributed by atoms with E-state index in [0.29, 0.717) is 0 Å². The minimum absolute atomic E-state index is 0. The van der Waals surface area contributed by atoms with Gasteiger partial charge in [0.2, 0.25) is 5.95 Å². The first-order chi connectivity index (χ1) is 9.65. The second-order valence-corrected chi connectivity index (χ2v) is 4.73. The SMILES string of the molecule is CN(C)c1ncc(/C=C/C=C/c2cc[n+](C)cc2)cn1.[I-]. The van der Waals surface area contributed by atoms with Crippen molar-refractivity contribution < 1.29 is 28.5 Å². The molecule has 0 bridgehead atoms. The van der Waals surface area contributed by atoms with Gasteiger partial charge in [0.1, 0.15) is 7.05 Å². The number of aryl methyl sites for hydroxylation is 1. The van der Waals surface area contributed by atoms with E-state index < -0.39 is 0 Å². The molecule has 0 spiro atoms. The molecule has 5 heteroatoms. The Morgan fingerprint density at radius 2 is 1.48 bits per heavy atom. The molecule has 0 amide bonds. The average Bonchev–Trinajstić information content (AvgIpc) is 2.46. The average molecular weight is 394 g/mol. The first-order valence-electron chi connectivity index (χ1n) is 6.44. The van der Waals surface area contributed by atoms with Gasteiger partial charge in [0.25, 0.3) is 0 Å². The summed E-state index contributed by atoms with van der Waals surface area (Å²) in [6, 6.07) is 4.14. The fourth-order valence-electron chi connectivity index (χ4n) is 1.61. The van der Waals surface area contributed by atoms with Crippen LogP contribution in [-0.2, 0) is 7.05 Å². The first kappa shape index (κ1) is 17.3. The molecule has 0 aliphatic rings. The van der Waals surface area contributed by atoms with E-state index in [1.807, 2.05) is 73.6 Å². The molecule has 2 aromatic rings. The van der Waals surface area contributed by atoms with Crippen LogP contribution in [0.1, 0.15) is 11.1 Å². The molecule has 0 saturated heterocycles. The van der Waals surface area contributed by atoms with E-state index in [2.05, 4.69) is 28.2 Å². The Morgan fingerprint density at radius 3 is 2.00 bits per heavy atom. The van der Waals surface area contributed by atoms with Crippen LogP contribution in [0.25, 0.3) is 12.2 Å². The molecule has 0 N–H and O–H groups in total.